The molecule has 0 spiro atoms. The van der Waals surface area contributed by atoms with E-state index in [9.17, 15) is 13.2 Å². The first-order chi connectivity index (χ1) is 12.3. The van der Waals surface area contributed by atoms with E-state index in [2.05, 4.69) is 24.0 Å². The summed E-state index contributed by atoms with van der Waals surface area (Å²) in [5, 5.41) is 0.577. The smallest absolute Gasteiger partial charge is 0.250 e. The van der Waals surface area contributed by atoms with Gasteiger partial charge in [-0.3, -0.25) is 4.79 Å². The van der Waals surface area contributed by atoms with Crippen molar-refractivity contribution in [2.45, 2.75) is 51.3 Å². The van der Waals surface area contributed by atoms with Gasteiger partial charge in [-0.15, -0.1) is 0 Å². The highest BCUT2D eigenvalue weighted by atomic mass is 32.2. The third-order valence-corrected chi connectivity index (χ3v) is 8.01. The number of aryl methyl sites for hydroxylation is 1. The lowest BCUT2D eigenvalue weighted by molar-refractivity contribution is -0.120. The Labute approximate surface area is 160 Å². The van der Waals surface area contributed by atoms with Crippen molar-refractivity contribution >= 4 is 38.4 Å². The minimum atomic E-state index is -3.04. The number of rotatable bonds is 5. The first kappa shape index (κ1) is 19.4. The second kappa shape index (κ2) is 7.72. The number of hydrogen-bond donors (Lipinski definition) is 0. The predicted molar refractivity (Wildman–Crippen MR) is 109 cm³/mol. The average Bonchev–Trinajstić information content (AvgIpc) is 3.04. The van der Waals surface area contributed by atoms with E-state index in [0.29, 0.717) is 5.17 Å². The second-order valence-corrected chi connectivity index (χ2v) is 10.7. The first-order valence-corrected chi connectivity index (χ1v) is 11.9. The van der Waals surface area contributed by atoms with Gasteiger partial charge in [0, 0.05) is 16.9 Å². The van der Waals surface area contributed by atoms with E-state index < -0.39 is 9.84 Å². The van der Waals surface area contributed by atoms with Gasteiger partial charge in [-0.1, -0.05) is 51.1 Å². The van der Waals surface area contributed by atoms with E-state index in [0.717, 1.165) is 24.9 Å². The van der Waals surface area contributed by atoms with Gasteiger partial charge in [0.25, 0.3) is 5.91 Å². The molecule has 1 aromatic carbocycles. The van der Waals surface area contributed by atoms with Crippen LogP contribution in [0.25, 0.3) is 0 Å². The fourth-order valence-corrected chi connectivity index (χ4v) is 7.21. The number of benzene rings is 1. The van der Waals surface area contributed by atoms with Crippen molar-refractivity contribution in [1.82, 2.24) is 0 Å². The van der Waals surface area contributed by atoms with E-state index in [-0.39, 0.29) is 34.6 Å². The molecular weight excluding hydrogens is 368 g/mol. The number of thioether (sulfide) groups is 1. The maximum absolute atomic E-state index is 12.1. The van der Waals surface area contributed by atoms with Crippen molar-refractivity contribution in [3.63, 3.8) is 0 Å². The van der Waals surface area contributed by atoms with E-state index in [4.69, 9.17) is 0 Å². The van der Waals surface area contributed by atoms with Crippen LogP contribution in [0.2, 0.25) is 0 Å². The van der Waals surface area contributed by atoms with Gasteiger partial charge < -0.3 is 4.90 Å². The largest absolute Gasteiger partial charge is 0.316 e. The predicted octanol–water partition coefficient (Wildman–Crippen LogP) is 3.29. The summed E-state index contributed by atoms with van der Waals surface area (Å²) < 4.78 is 24.2. The van der Waals surface area contributed by atoms with Crippen LogP contribution >= 0.6 is 11.8 Å². The molecule has 0 bridgehead atoms. The molecule has 2 heterocycles. The summed E-state index contributed by atoms with van der Waals surface area (Å²) in [5.74, 6) is -0.0650. The number of anilines is 1. The number of aliphatic imine (C=N–C) groups is 1. The number of unbranched alkanes of at least 4 members (excludes halogenated alkanes) is 1. The Morgan fingerprint density at radius 1 is 1.27 bits per heavy atom. The van der Waals surface area contributed by atoms with Crippen molar-refractivity contribution in [2.24, 2.45) is 10.9 Å². The molecule has 2 fully saturated rings. The topological polar surface area (TPSA) is 66.8 Å². The third-order valence-electron chi connectivity index (χ3n) is 4.80. The van der Waals surface area contributed by atoms with Crippen LogP contribution in [-0.4, -0.2) is 42.3 Å². The van der Waals surface area contributed by atoms with Gasteiger partial charge in [0.15, 0.2) is 15.0 Å². The fourth-order valence-electron chi connectivity index (χ4n) is 3.29. The van der Waals surface area contributed by atoms with Crippen LogP contribution in [0.1, 0.15) is 39.2 Å². The lowest BCUT2D eigenvalue weighted by Gasteiger charge is -2.24. The van der Waals surface area contributed by atoms with Crippen LogP contribution in [0.3, 0.4) is 0 Å². The molecule has 2 aliphatic rings. The number of fused-ring (bicyclic) bond motifs is 1. The van der Waals surface area contributed by atoms with Gasteiger partial charge in [0.05, 0.1) is 17.5 Å². The van der Waals surface area contributed by atoms with Crippen LogP contribution in [0.5, 0.6) is 0 Å². The molecule has 0 radical (unpaired) electrons. The van der Waals surface area contributed by atoms with Gasteiger partial charge in [0.1, 0.15) is 0 Å². The van der Waals surface area contributed by atoms with Crippen LogP contribution in [0, 0.1) is 5.92 Å². The summed E-state index contributed by atoms with van der Waals surface area (Å²) >= 11 is 1.43. The molecule has 0 aliphatic carbocycles. The molecule has 142 valence electrons. The van der Waals surface area contributed by atoms with E-state index in [1.165, 1.54) is 17.3 Å². The highest BCUT2D eigenvalue weighted by molar-refractivity contribution is 8.16. The normalized spacial score (nSPS) is 25.8. The molecule has 0 unspecified atom stereocenters. The van der Waals surface area contributed by atoms with Gasteiger partial charge in [-0.25, -0.2) is 8.42 Å². The molecule has 0 N–H and O–H groups in total. The van der Waals surface area contributed by atoms with Gasteiger partial charge in [0.2, 0.25) is 0 Å². The first-order valence-electron chi connectivity index (χ1n) is 9.18. The van der Waals surface area contributed by atoms with Gasteiger partial charge >= 0.3 is 0 Å². The Balaban J connectivity index is 1.91. The maximum Gasteiger partial charge on any atom is 0.250 e. The number of carbonyl (C=O) groups is 1. The van der Waals surface area contributed by atoms with Crippen molar-refractivity contribution in [3.8, 4) is 0 Å². The van der Waals surface area contributed by atoms with Crippen molar-refractivity contribution in [2.75, 3.05) is 16.4 Å². The number of carbonyl (C=O) groups excluding carboxylic acids is 1. The zero-order valence-electron chi connectivity index (χ0n) is 15.5. The molecule has 26 heavy (non-hydrogen) atoms. The zero-order valence-corrected chi connectivity index (χ0v) is 17.1. The summed E-state index contributed by atoms with van der Waals surface area (Å²) in [6.45, 7) is 5.82. The summed E-state index contributed by atoms with van der Waals surface area (Å²) in [4.78, 5) is 18.4. The van der Waals surface area contributed by atoms with Crippen molar-refractivity contribution in [1.29, 1.82) is 0 Å². The molecule has 3 rings (SSSR count). The zero-order chi connectivity index (χ0) is 18.9. The Bertz CT molecular complexity index is 801. The molecule has 2 saturated heterocycles. The van der Waals surface area contributed by atoms with Crippen LogP contribution in [0.15, 0.2) is 29.3 Å². The van der Waals surface area contributed by atoms with E-state index >= 15 is 0 Å². The van der Waals surface area contributed by atoms with Crippen molar-refractivity contribution in [3.05, 3.63) is 29.8 Å². The SMILES string of the molecule is CCCCc1ccc(N2C(=NC(=O)C(C)C)S[C@@H]3CS(=O)(=O)C[C@@H]32)cc1. The molecule has 0 aromatic heterocycles. The standard InChI is InChI=1S/C19H26N2O3S2/c1-4-5-6-14-7-9-15(10-8-14)21-16-11-26(23,24)12-17(16)25-19(21)20-18(22)13(2)3/h7-10,13,16-17H,4-6,11-12H2,1-3H3/t16-,17+/m0/s1. The number of nitrogens with zero attached hydrogens (tertiary/aromatic N) is 2. The molecule has 0 saturated carbocycles. The van der Waals surface area contributed by atoms with Crippen LogP contribution in [0.4, 0.5) is 5.69 Å². The Morgan fingerprint density at radius 3 is 2.58 bits per heavy atom. The highest BCUT2D eigenvalue weighted by Gasteiger charge is 2.49. The van der Waals surface area contributed by atoms with E-state index in [1.54, 1.807) is 0 Å². The molecule has 2 atom stereocenters. The molecule has 5 nitrogen and oxygen atoms in total. The Kier molecular flexibility index (Phi) is 5.77. The molecule has 2 aliphatic heterocycles. The summed E-state index contributed by atoms with van der Waals surface area (Å²) in [5.41, 5.74) is 2.19. The van der Waals surface area contributed by atoms with Gasteiger partial charge in [-0.2, -0.15) is 4.99 Å². The summed E-state index contributed by atoms with van der Waals surface area (Å²) in [7, 11) is -3.04. The van der Waals surface area contributed by atoms with Crippen LogP contribution < -0.4 is 4.90 Å². The van der Waals surface area contributed by atoms with Crippen LogP contribution in [-0.2, 0) is 21.1 Å². The minimum Gasteiger partial charge on any atom is -0.316 e. The Morgan fingerprint density at radius 2 is 1.96 bits per heavy atom. The van der Waals surface area contributed by atoms with Gasteiger partial charge in [-0.05, 0) is 30.5 Å². The lowest BCUT2D eigenvalue weighted by atomic mass is 10.1. The molecule has 1 amide bonds. The third kappa shape index (κ3) is 4.14. The lowest BCUT2D eigenvalue weighted by Crippen LogP contribution is -2.37. The molecule has 7 heteroatoms. The molecule has 1 aromatic rings. The fraction of sp³-hybridized carbons (Fsp3) is 0.579. The van der Waals surface area contributed by atoms with Crippen molar-refractivity contribution < 1.29 is 13.2 Å². The highest BCUT2D eigenvalue weighted by Crippen LogP contribution is 2.41. The quantitative estimate of drug-likeness (QED) is 0.767. The number of amides is 1. The number of hydrogen-bond acceptors (Lipinski definition) is 4. The molecular formula is C19H26N2O3S2. The van der Waals surface area contributed by atoms with E-state index in [1.807, 2.05) is 30.9 Å². The second-order valence-electron chi connectivity index (χ2n) is 7.33. The Hall–Kier alpha value is -1.34. The summed E-state index contributed by atoms with van der Waals surface area (Å²) in [6, 6.07) is 8.08. The monoisotopic (exact) mass is 394 g/mol. The average molecular weight is 395 g/mol. The summed E-state index contributed by atoms with van der Waals surface area (Å²) in [6.07, 6.45) is 3.34. The minimum absolute atomic E-state index is 0.0570. The number of amidine groups is 1. The number of sulfone groups is 1. The maximum atomic E-state index is 12.1.